The first-order chi connectivity index (χ1) is 5.25. The average Bonchev–Trinajstić information content (AvgIpc) is 2.53. The van der Waals surface area contributed by atoms with Crippen molar-refractivity contribution in [2.24, 2.45) is 5.92 Å². The van der Waals surface area contributed by atoms with E-state index in [9.17, 15) is 4.79 Å². The Morgan fingerprint density at radius 2 is 2.55 bits per heavy atom. The van der Waals surface area contributed by atoms with E-state index in [1.165, 1.54) is 7.11 Å². The lowest BCUT2D eigenvalue weighted by atomic mass is 10.1. The molecule has 0 saturated carbocycles. The zero-order valence-corrected chi connectivity index (χ0v) is 7.13. The summed E-state index contributed by atoms with van der Waals surface area (Å²) >= 11 is 5.78. The molecule has 0 aromatic carbocycles. The smallest absolute Gasteiger partial charge is 0.324 e. The molecule has 1 saturated heterocycles. The second kappa shape index (κ2) is 3.93. The number of methoxy groups -OCH3 is 1. The maximum atomic E-state index is 10.9. The van der Waals surface area contributed by atoms with Gasteiger partial charge in [-0.3, -0.25) is 4.79 Å². The highest BCUT2D eigenvalue weighted by molar-refractivity contribution is 6.30. The van der Waals surface area contributed by atoms with Gasteiger partial charge in [0.05, 0.1) is 13.7 Å². The third-order valence-electron chi connectivity index (χ3n) is 1.81. The number of hydrogen-bond acceptors (Lipinski definition) is 3. The van der Waals surface area contributed by atoms with Gasteiger partial charge in [0.1, 0.15) is 5.38 Å². The molecule has 0 bridgehead atoms. The molecular formula is C7H11ClO3. The Morgan fingerprint density at radius 1 is 1.82 bits per heavy atom. The zero-order chi connectivity index (χ0) is 8.27. The Kier molecular flexibility index (Phi) is 3.15. The van der Waals surface area contributed by atoms with Crippen molar-refractivity contribution in [2.45, 2.75) is 11.8 Å². The standard InChI is InChI=1S/C7H11ClO3/c1-10-7(9)6(8)5-2-3-11-4-5/h5-6H,2-4H2,1H3/t5-,6-/m1/s1. The number of carbonyl (C=O) groups is 1. The molecule has 0 unspecified atom stereocenters. The second-order valence-electron chi connectivity index (χ2n) is 2.55. The van der Waals surface area contributed by atoms with E-state index in [4.69, 9.17) is 16.3 Å². The van der Waals surface area contributed by atoms with Crippen LogP contribution >= 0.6 is 11.6 Å². The van der Waals surface area contributed by atoms with Crippen LogP contribution in [0.25, 0.3) is 0 Å². The molecule has 1 heterocycles. The average molecular weight is 179 g/mol. The van der Waals surface area contributed by atoms with Crippen LogP contribution in [0.5, 0.6) is 0 Å². The van der Waals surface area contributed by atoms with Crippen molar-refractivity contribution < 1.29 is 14.3 Å². The van der Waals surface area contributed by atoms with Crippen molar-refractivity contribution in [2.75, 3.05) is 20.3 Å². The molecule has 0 aliphatic carbocycles. The highest BCUT2D eigenvalue weighted by atomic mass is 35.5. The van der Waals surface area contributed by atoms with Crippen LogP contribution in [0.2, 0.25) is 0 Å². The van der Waals surface area contributed by atoms with E-state index in [1.54, 1.807) is 0 Å². The Balaban J connectivity index is 2.39. The van der Waals surface area contributed by atoms with Crippen LogP contribution in [0.1, 0.15) is 6.42 Å². The Hall–Kier alpha value is -0.280. The Labute approximate surface area is 70.6 Å². The van der Waals surface area contributed by atoms with Gasteiger partial charge in [0.25, 0.3) is 0 Å². The molecule has 1 rings (SSSR count). The van der Waals surface area contributed by atoms with Gasteiger partial charge in [-0.25, -0.2) is 0 Å². The van der Waals surface area contributed by atoms with Crippen LogP contribution in [0.3, 0.4) is 0 Å². The van der Waals surface area contributed by atoms with Crippen molar-refractivity contribution in [3.63, 3.8) is 0 Å². The first kappa shape index (κ1) is 8.81. The van der Waals surface area contributed by atoms with Crippen LogP contribution in [-0.4, -0.2) is 31.7 Å². The molecule has 64 valence electrons. The molecule has 0 aromatic rings. The van der Waals surface area contributed by atoms with Crippen LogP contribution < -0.4 is 0 Å². The molecule has 1 aliphatic rings. The summed E-state index contributed by atoms with van der Waals surface area (Å²) in [5.41, 5.74) is 0. The molecule has 0 spiro atoms. The van der Waals surface area contributed by atoms with E-state index < -0.39 is 5.38 Å². The predicted molar refractivity (Wildman–Crippen MR) is 40.6 cm³/mol. The van der Waals surface area contributed by atoms with Gasteiger partial charge in [0.15, 0.2) is 0 Å². The zero-order valence-electron chi connectivity index (χ0n) is 6.38. The monoisotopic (exact) mass is 178 g/mol. The fourth-order valence-electron chi connectivity index (χ4n) is 1.09. The van der Waals surface area contributed by atoms with E-state index in [0.29, 0.717) is 13.2 Å². The van der Waals surface area contributed by atoms with Crippen molar-refractivity contribution in [1.82, 2.24) is 0 Å². The molecule has 0 amide bonds. The van der Waals surface area contributed by atoms with Crippen LogP contribution in [0, 0.1) is 5.92 Å². The third kappa shape index (κ3) is 2.07. The lowest BCUT2D eigenvalue weighted by molar-refractivity contribution is -0.141. The molecule has 3 nitrogen and oxygen atoms in total. The molecular weight excluding hydrogens is 168 g/mol. The van der Waals surface area contributed by atoms with Crippen LogP contribution in [0.4, 0.5) is 0 Å². The highest BCUT2D eigenvalue weighted by Gasteiger charge is 2.29. The maximum Gasteiger partial charge on any atom is 0.324 e. The minimum atomic E-state index is -0.539. The summed E-state index contributed by atoms with van der Waals surface area (Å²) < 4.78 is 9.58. The number of rotatable bonds is 2. The number of carbonyl (C=O) groups excluding carboxylic acids is 1. The summed E-state index contributed by atoms with van der Waals surface area (Å²) in [7, 11) is 1.34. The van der Waals surface area contributed by atoms with Gasteiger partial charge in [-0.05, 0) is 6.42 Å². The summed E-state index contributed by atoms with van der Waals surface area (Å²) in [6.07, 6.45) is 0.850. The molecule has 11 heavy (non-hydrogen) atoms. The topological polar surface area (TPSA) is 35.5 Å². The van der Waals surface area contributed by atoms with Gasteiger partial charge in [-0.15, -0.1) is 11.6 Å². The number of hydrogen-bond donors (Lipinski definition) is 0. The second-order valence-corrected chi connectivity index (χ2v) is 3.02. The number of esters is 1. The molecule has 4 heteroatoms. The minimum absolute atomic E-state index is 0.129. The van der Waals surface area contributed by atoms with Gasteiger partial charge in [0.2, 0.25) is 0 Å². The van der Waals surface area contributed by atoms with E-state index in [2.05, 4.69) is 4.74 Å². The molecule has 0 radical (unpaired) electrons. The first-order valence-electron chi connectivity index (χ1n) is 3.55. The summed E-state index contributed by atoms with van der Waals surface area (Å²) in [5, 5.41) is -0.539. The van der Waals surface area contributed by atoms with Crippen LogP contribution in [-0.2, 0) is 14.3 Å². The van der Waals surface area contributed by atoms with Crippen LogP contribution in [0.15, 0.2) is 0 Å². The normalized spacial score (nSPS) is 26.5. The largest absolute Gasteiger partial charge is 0.468 e. The predicted octanol–water partition coefficient (Wildman–Crippen LogP) is 0.803. The quantitative estimate of drug-likeness (QED) is 0.464. The molecule has 0 N–H and O–H groups in total. The van der Waals surface area contributed by atoms with Crippen molar-refractivity contribution in [1.29, 1.82) is 0 Å². The van der Waals surface area contributed by atoms with Gasteiger partial charge >= 0.3 is 5.97 Å². The first-order valence-corrected chi connectivity index (χ1v) is 3.99. The Morgan fingerprint density at radius 3 is 3.00 bits per heavy atom. The lowest BCUT2D eigenvalue weighted by Crippen LogP contribution is -2.25. The lowest BCUT2D eigenvalue weighted by Gasteiger charge is -2.11. The Bertz CT molecular complexity index is 143. The van der Waals surface area contributed by atoms with Crippen molar-refractivity contribution in [3.05, 3.63) is 0 Å². The van der Waals surface area contributed by atoms with Gasteiger partial charge in [-0.2, -0.15) is 0 Å². The van der Waals surface area contributed by atoms with Gasteiger partial charge < -0.3 is 9.47 Å². The molecule has 0 aromatic heterocycles. The van der Waals surface area contributed by atoms with E-state index in [1.807, 2.05) is 0 Å². The van der Waals surface area contributed by atoms with E-state index in [0.717, 1.165) is 6.42 Å². The molecule has 1 aliphatic heterocycles. The third-order valence-corrected chi connectivity index (χ3v) is 2.34. The fraction of sp³-hybridized carbons (Fsp3) is 0.857. The van der Waals surface area contributed by atoms with Gasteiger partial charge in [0, 0.05) is 12.5 Å². The summed E-state index contributed by atoms with van der Waals surface area (Å²) in [6, 6.07) is 0. The van der Waals surface area contributed by atoms with Gasteiger partial charge in [-0.1, -0.05) is 0 Å². The van der Waals surface area contributed by atoms with E-state index in [-0.39, 0.29) is 11.9 Å². The summed E-state index contributed by atoms with van der Waals surface area (Å²) in [4.78, 5) is 10.9. The summed E-state index contributed by atoms with van der Waals surface area (Å²) in [5.74, 6) is -0.230. The minimum Gasteiger partial charge on any atom is -0.468 e. The SMILES string of the molecule is COC(=O)[C@H](Cl)[C@@H]1CCOC1. The number of ether oxygens (including phenoxy) is 2. The van der Waals surface area contributed by atoms with Crippen molar-refractivity contribution >= 4 is 17.6 Å². The fourth-order valence-corrected chi connectivity index (χ4v) is 1.38. The highest BCUT2D eigenvalue weighted by Crippen LogP contribution is 2.21. The number of halogens is 1. The number of alkyl halides is 1. The van der Waals surface area contributed by atoms with E-state index >= 15 is 0 Å². The maximum absolute atomic E-state index is 10.9. The summed E-state index contributed by atoms with van der Waals surface area (Å²) in [6.45, 7) is 1.27. The molecule has 2 atom stereocenters. The van der Waals surface area contributed by atoms with Crippen molar-refractivity contribution in [3.8, 4) is 0 Å². The molecule has 1 fully saturated rings.